The molecule has 0 radical (unpaired) electrons. The van der Waals surface area contributed by atoms with Gasteiger partial charge in [0.2, 0.25) is 0 Å². The van der Waals surface area contributed by atoms with Crippen molar-refractivity contribution in [3.63, 3.8) is 0 Å². The van der Waals surface area contributed by atoms with Gasteiger partial charge in [-0.15, -0.1) is 0 Å². The smallest absolute Gasteiger partial charge is 0.416 e. The van der Waals surface area contributed by atoms with Crippen LogP contribution in [0.15, 0.2) is 152 Å². The fourth-order valence-corrected chi connectivity index (χ4v) is 9.24. The highest BCUT2D eigenvalue weighted by Crippen LogP contribution is 2.54. The lowest BCUT2D eigenvalue weighted by Gasteiger charge is -2.25. The molecule has 6 bridgehead atoms. The molecule has 0 spiro atoms. The van der Waals surface area contributed by atoms with Gasteiger partial charge >= 0.3 is 24.7 Å². The Hall–Kier alpha value is -10.6. The van der Waals surface area contributed by atoms with Gasteiger partial charge in [-0.1, -0.05) is 60.7 Å². The fraction of sp³-hybridized carbons (Fsp3) is 0.103. The number of amides is 4. The lowest BCUT2D eigenvalue weighted by atomic mass is 9.85. The average molecular weight is 1180 g/mol. The molecule has 10 rings (SSSR count). The van der Waals surface area contributed by atoms with Crippen LogP contribution < -0.4 is 30.7 Å². The number of anilines is 4. The SMILES string of the molecule is O=C1COc2c(-c3cc(C(F)(F)F)cc(C(F)(F)F)c3)cc3ccccc3c2-c2c(c(-c3cc(C(F)(F)F)cc(C(F)(F)F)c3)cc3ccccc23)OCC(=O)Nc2cccc(n2)NC(=O)c2cc(cc([N+](=O)[O-])c2)C(=O)Nc2cccc(n2)N1. The van der Waals surface area contributed by atoms with Gasteiger partial charge in [0, 0.05) is 45.5 Å². The van der Waals surface area contributed by atoms with E-state index in [4.69, 9.17) is 9.47 Å². The lowest BCUT2D eigenvalue weighted by Crippen LogP contribution is -2.22. The maximum Gasteiger partial charge on any atom is 0.416 e. The van der Waals surface area contributed by atoms with Gasteiger partial charge in [0.05, 0.1) is 27.2 Å². The molecule has 15 nitrogen and oxygen atoms in total. The molecule has 4 amide bonds. The topological polar surface area (TPSA) is 204 Å². The Labute approximate surface area is 468 Å². The molecule has 85 heavy (non-hydrogen) atoms. The van der Waals surface area contributed by atoms with Crippen molar-refractivity contribution >= 4 is 74.1 Å². The predicted octanol–water partition coefficient (Wildman–Crippen LogP) is 14.6. The van der Waals surface area contributed by atoms with E-state index in [0.717, 1.165) is 30.3 Å². The Balaban J connectivity index is 1.27. The number of nitrogens with zero attached hydrogens (tertiary/aromatic N) is 3. The number of nitro benzene ring substituents is 1. The number of pyridine rings is 2. The molecular formula is C58H33F12N7O8. The Morgan fingerprint density at radius 2 is 0.753 bits per heavy atom. The first-order chi connectivity index (χ1) is 40.1. The van der Waals surface area contributed by atoms with Crippen LogP contribution in [-0.4, -0.2) is 51.7 Å². The van der Waals surface area contributed by atoms with Crippen LogP contribution in [0.2, 0.25) is 0 Å². The normalized spacial score (nSPS) is 13.8. The first-order valence-corrected chi connectivity index (χ1v) is 24.5. The minimum Gasteiger partial charge on any atom is -0.482 e. The van der Waals surface area contributed by atoms with Crippen molar-refractivity contribution in [3.05, 3.63) is 195 Å². The number of rotatable bonds is 3. The maximum atomic E-state index is 14.7. The molecule has 0 fully saturated rings. The highest BCUT2D eigenvalue weighted by atomic mass is 19.4. The lowest BCUT2D eigenvalue weighted by molar-refractivity contribution is -0.384. The van der Waals surface area contributed by atoms with E-state index in [0.29, 0.717) is 24.3 Å². The molecule has 432 valence electrons. The Kier molecular flexibility index (Phi) is 14.9. The van der Waals surface area contributed by atoms with E-state index >= 15 is 0 Å². The van der Waals surface area contributed by atoms with Crippen LogP contribution in [0.5, 0.6) is 11.5 Å². The molecule has 0 saturated carbocycles. The second-order valence-electron chi connectivity index (χ2n) is 18.7. The van der Waals surface area contributed by atoms with Crippen molar-refractivity contribution in [1.82, 2.24) is 9.97 Å². The number of carbonyl (C=O) groups is 4. The van der Waals surface area contributed by atoms with Crippen LogP contribution in [0.3, 0.4) is 0 Å². The highest BCUT2D eigenvalue weighted by molar-refractivity contribution is 6.15. The second kappa shape index (κ2) is 21.9. The molecule has 0 unspecified atom stereocenters. The second-order valence-corrected chi connectivity index (χ2v) is 18.7. The van der Waals surface area contributed by atoms with E-state index in [1.54, 1.807) is 0 Å². The van der Waals surface area contributed by atoms with E-state index in [9.17, 15) is 82.0 Å². The number of fused-ring (bicyclic) bond motifs is 13. The molecule has 1 aliphatic rings. The predicted molar refractivity (Wildman–Crippen MR) is 283 cm³/mol. The summed E-state index contributed by atoms with van der Waals surface area (Å²) < 4.78 is 189. The Bertz CT molecular complexity index is 3920. The average Bonchev–Trinajstić information content (AvgIpc) is 1.36. The molecular weight excluding hydrogens is 1150 g/mol. The third kappa shape index (κ3) is 12.4. The van der Waals surface area contributed by atoms with E-state index < -0.39 is 150 Å². The summed E-state index contributed by atoms with van der Waals surface area (Å²) in [6.45, 7) is -2.43. The number of carbonyl (C=O) groups excluding carboxylic acids is 4. The van der Waals surface area contributed by atoms with Crippen molar-refractivity contribution in [2.24, 2.45) is 0 Å². The summed E-state index contributed by atoms with van der Waals surface area (Å²) >= 11 is 0. The molecule has 9 aromatic rings. The molecule has 2 aromatic heterocycles. The summed E-state index contributed by atoms with van der Waals surface area (Å²) in [5.74, 6) is -7.18. The number of benzene rings is 7. The summed E-state index contributed by atoms with van der Waals surface area (Å²) in [5, 5.41) is 21.5. The van der Waals surface area contributed by atoms with Gasteiger partial charge in [0.1, 0.15) is 34.8 Å². The van der Waals surface area contributed by atoms with Gasteiger partial charge in [-0.25, -0.2) is 9.97 Å². The fourth-order valence-electron chi connectivity index (χ4n) is 9.24. The van der Waals surface area contributed by atoms with E-state index in [1.807, 2.05) is 0 Å². The number of nitro groups is 1. The van der Waals surface area contributed by atoms with Crippen molar-refractivity contribution in [1.29, 1.82) is 0 Å². The first-order valence-electron chi connectivity index (χ1n) is 24.5. The van der Waals surface area contributed by atoms with Crippen LogP contribution in [0.4, 0.5) is 81.6 Å². The quantitative estimate of drug-likeness (QED) is 0.0748. The van der Waals surface area contributed by atoms with Gasteiger partial charge in [-0.05, 0) is 112 Å². The molecule has 0 atom stereocenters. The third-order valence-corrected chi connectivity index (χ3v) is 12.9. The van der Waals surface area contributed by atoms with Gasteiger partial charge < -0.3 is 30.7 Å². The molecule has 1 aliphatic heterocycles. The van der Waals surface area contributed by atoms with Gasteiger partial charge in [0.25, 0.3) is 29.3 Å². The first kappa shape index (κ1) is 57.6. The molecule has 0 saturated heterocycles. The van der Waals surface area contributed by atoms with Crippen molar-refractivity contribution in [3.8, 4) is 44.9 Å². The van der Waals surface area contributed by atoms with Crippen LogP contribution in [0.25, 0.3) is 54.9 Å². The van der Waals surface area contributed by atoms with Crippen molar-refractivity contribution in [2.45, 2.75) is 24.7 Å². The van der Waals surface area contributed by atoms with Gasteiger partial charge in [-0.2, -0.15) is 52.7 Å². The summed E-state index contributed by atoms with van der Waals surface area (Å²) in [6.07, 6.45) is -21.8. The van der Waals surface area contributed by atoms with E-state index in [1.165, 1.54) is 84.9 Å². The van der Waals surface area contributed by atoms with E-state index in [2.05, 4.69) is 31.2 Å². The highest BCUT2D eigenvalue weighted by Gasteiger charge is 2.40. The van der Waals surface area contributed by atoms with Crippen molar-refractivity contribution in [2.75, 3.05) is 34.5 Å². The van der Waals surface area contributed by atoms with Crippen LogP contribution in [-0.2, 0) is 34.3 Å². The summed E-state index contributed by atoms with van der Waals surface area (Å²) in [6, 6.07) is 24.4. The molecule has 7 aromatic carbocycles. The molecule has 3 heterocycles. The maximum absolute atomic E-state index is 14.7. The zero-order chi connectivity index (χ0) is 60.9. The number of hydrogen-bond donors (Lipinski definition) is 4. The zero-order valence-electron chi connectivity index (χ0n) is 42.5. The third-order valence-electron chi connectivity index (χ3n) is 12.9. The number of non-ortho nitro benzene ring substituents is 1. The Morgan fingerprint density at radius 1 is 0.412 bits per heavy atom. The number of alkyl halides is 12. The van der Waals surface area contributed by atoms with Crippen LogP contribution in [0, 0.1) is 10.1 Å². The monoisotopic (exact) mass is 1180 g/mol. The van der Waals surface area contributed by atoms with Gasteiger partial charge in [-0.3, -0.25) is 29.3 Å². The number of nitrogens with one attached hydrogen (secondary N) is 4. The molecule has 27 heteroatoms. The van der Waals surface area contributed by atoms with E-state index in [-0.39, 0.29) is 56.9 Å². The number of hydrogen-bond acceptors (Lipinski definition) is 10. The summed E-state index contributed by atoms with van der Waals surface area (Å²) in [5.41, 5.74) is -12.5. The summed E-state index contributed by atoms with van der Waals surface area (Å²) in [4.78, 5) is 75.0. The molecule has 0 aliphatic carbocycles. The Morgan fingerprint density at radius 3 is 1.09 bits per heavy atom. The number of aromatic nitrogens is 2. The zero-order valence-corrected chi connectivity index (χ0v) is 42.5. The standard InChI is InChI=1S/C58H33F12N7O8/c59-55(60,61)34-16-30(17-35(24-34)56(62,63)64)41-22-28-7-1-3-9-39(28)49-50-40-10-4-2-8-29(40)23-42(31-18-36(57(65,66)67)25-37(19-31)58(68,69)70)52(50)85-27-48(79)74-44-12-6-14-46(72-44)76-54(81)33-15-32(20-38(21-33)77(82)83)53(80)75-45-13-5-11-43(71-45)73-47(78)26-84-51(41)49/h1-25H,26-27H2,(H2,71,73,75,78,80)(H2,72,74,76,79,81). The number of halogens is 12. The largest absolute Gasteiger partial charge is 0.482 e. The molecule has 4 N–H and O–H groups in total. The summed E-state index contributed by atoms with van der Waals surface area (Å²) in [7, 11) is 0. The minimum atomic E-state index is -5.44. The van der Waals surface area contributed by atoms with Crippen molar-refractivity contribution < 1.29 is 86.3 Å². The van der Waals surface area contributed by atoms with Gasteiger partial charge in [0.15, 0.2) is 13.2 Å². The van der Waals surface area contributed by atoms with Crippen LogP contribution >= 0.6 is 0 Å². The minimum absolute atomic E-state index is 0.0121. The van der Waals surface area contributed by atoms with Crippen LogP contribution in [0.1, 0.15) is 43.0 Å². The number of ether oxygens (including phenoxy) is 2.